The van der Waals surface area contributed by atoms with Crippen LogP contribution >= 0.6 is 11.6 Å². The molecule has 1 nitrogen and oxygen atoms in total. The number of benzene rings is 2. The number of aryl methyl sites for hydroxylation is 1. The molecular weight excluding hydrogens is 278 g/mol. The maximum atomic E-state index is 6.02. The first-order valence-electron chi connectivity index (χ1n) is 7.76. The van der Waals surface area contributed by atoms with E-state index in [1.807, 2.05) is 12.1 Å². The van der Waals surface area contributed by atoms with Crippen molar-refractivity contribution in [3.63, 3.8) is 0 Å². The van der Waals surface area contributed by atoms with Gasteiger partial charge in [0.2, 0.25) is 0 Å². The molecule has 0 amide bonds. The highest BCUT2D eigenvalue weighted by Crippen LogP contribution is 2.26. The summed E-state index contributed by atoms with van der Waals surface area (Å²) in [4.78, 5) is 0. The van der Waals surface area contributed by atoms with Crippen molar-refractivity contribution in [1.82, 2.24) is 5.32 Å². The summed E-state index contributed by atoms with van der Waals surface area (Å²) in [6.07, 6.45) is 3.74. The van der Waals surface area contributed by atoms with Crippen LogP contribution in [0.15, 0.2) is 48.5 Å². The third-order valence-corrected chi connectivity index (χ3v) is 4.55. The van der Waals surface area contributed by atoms with Crippen molar-refractivity contribution in [2.24, 2.45) is 0 Å². The summed E-state index contributed by atoms with van der Waals surface area (Å²) in [6.45, 7) is 3.24. The lowest BCUT2D eigenvalue weighted by atomic mass is 9.90. The molecule has 2 aromatic rings. The molecule has 21 heavy (non-hydrogen) atoms. The van der Waals surface area contributed by atoms with Crippen LogP contribution in [0.2, 0.25) is 5.02 Å². The summed E-state index contributed by atoms with van der Waals surface area (Å²) in [6, 6.07) is 17.8. The molecule has 0 spiro atoms. The molecular formula is C19H22ClN. The molecule has 1 unspecified atom stereocenters. The second-order valence-electron chi connectivity index (χ2n) is 6.06. The maximum absolute atomic E-state index is 6.02. The second-order valence-corrected chi connectivity index (χ2v) is 6.50. The Morgan fingerprint density at radius 2 is 1.81 bits per heavy atom. The van der Waals surface area contributed by atoms with Crippen LogP contribution in [0.4, 0.5) is 0 Å². The summed E-state index contributed by atoms with van der Waals surface area (Å²) >= 11 is 6.02. The van der Waals surface area contributed by atoms with E-state index in [9.17, 15) is 0 Å². The number of hydrogen-bond acceptors (Lipinski definition) is 1. The summed E-state index contributed by atoms with van der Waals surface area (Å²) < 4.78 is 0. The predicted octanol–water partition coefficient (Wildman–Crippen LogP) is 4.73. The smallest absolute Gasteiger partial charge is 0.0406 e. The Morgan fingerprint density at radius 3 is 2.48 bits per heavy atom. The van der Waals surface area contributed by atoms with Crippen LogP contribution in [0.1, 0.15) is 35.4 Å². The highest BCUT2D eigenvalue weighted by molar-refractivity contribution is 6.30. The van der Waals surface area contributed by atoms with Gasteiger partial charge in [0, 0.05) is 23.5 Å². The largest absolute Gasteiger partial charge is 0.313 e. The van der Waals surface area contributed by atoms with E-state index < -0.39 is 0 Å². The van der Waals surface area contributed by atoms with Gasteiger partial charge in [-0.25, -0.2) is 0 Å². The zero-order valence-corrected chi connectivity index (χ0v) is 13.2. The highest BCUT2D eigenvalue weighted by atomic mass is 35.5. The SMILES string of the molecule is Cc1ccccc1CC(CNC1CC1)c1ccc(Cl)cc1. The van der Waals surface area contributed by atoms with Crippen molar-refractivity contribution in [2.45, 2.75) is 38.1 Å². The van der Waals surface area contributed by atoms with Crippen molar-refractivity contribution in [3.05, 3.63) is 70.2 Å². The standard InChI is InChI=1S/C19H22ClN/c1-14-4-2-3-5-16(14)12-17(13-21-19-10-11-19)15-6-8-18(20)9-7-15/h2-9,17,19,21H,10-13H2,1H3. The summed E-state index contributed by atoms with van der Waals surface area (Å²) in [5.41, 5.74) is 4.19. The zero-order valence-electron chi connectivity index (χ0n) is 12.5. The topological polar surface area (TPSA) is 12.0 Å². The molecule has 0 aromatic heterocycles. The predicted molar refractivity (Wildman–Crippen MR) is 90.1 cm³/mol. The van der Waals surface area contributed by atoms with Crippen LogP contribution in [-0.2, 0) is 6.42 Å². The van der Waals surface area contributed by atoms with Crippen molar-refractivity contribution in [2.75, 3.05) is 6.54 Å². The molecule has 3 rings (SSSR count). The van der Waals surface area contributed by atoms with E-state index in [1.54, 1.807) is 0 Å². The van der Waals surface area contributed by atoms with Crippen molar-refractivity contribution >= 4 is 11.6 Å². The molecule has 110 valence electrons. The van der Waals surface area contributed by atoms with Gasteiger partial charge in [0.1, 0.15) is 0 Å². The quantitative estimate of drug-likeness (QED) is 0.813. The van der Waals surface area contributed by atoms with Crippen molar-refractivity contribution in [1.29, 1.82) is 0 Å². The normalized spacial score (nSPS) is 15.9. The molecule has 1 atom stereocenters. The number of hydrogen-bond donors (Lipinski definition) is 1. The molecule has 0 aliphatic heterocycles. The molecule has 1 fully saturated rings. The van der Waals surface area contributed by atoms with E-state index in [4.69, 9.17) is 11.6 Å². The van der Waals surface area contributed by atoms with Gasteiger partial charge in [-0.3, -0.25) is 0 Å². The van der Waals surface area contributed by atoms with Gasteiger partial charge in [-0.15, -0.1) is 0 Å². The zero-order chi connectivity index (χ0) is 14.7. The molecule has 2 aromatic carbocycles. The Labute approximate surface area is 132 Å². The van der Waals surface area contributed by atoms with Crippen molar-refractivity contribution < 1.29 is 0 Å². The Kier molecular flexibility index (Phi) is 4.62. The molecule has 0 bridgehead atoms. The second kappa shape index (κ2) is 6.64. The Balaban J connectivity index is 1.77. The van der Waals surface area contributed by atoms with Gasteiger partial charge < -0.3 is 5.32 Å². The van der Waals surface area contributed by atoms with Crippen LogP contribution in [0, 0.1) is 6.92 Å². The van der Waals surface area contributed by atoms with Gasteiger partial charge in [0.15, 0.2) is 0 Å². The van der Waals surface area contributed by atoms with Crippen LogP contribution < -0.4 is 5.32 Å². The molecule has 0 radical (unpaired) electrons. The average Bonchev–Trinajstić information content (AvgIpc) is 3.31. The lowest BCUT2D eigenvalue weighted by Gasteiger charge is -2.19. The number of nitrogens with one attached hydrogen (secondary N) is 1. The fourth-order valence-corrected chi connectivity index (χ4v) is 2.87. The molecule has 1 saturated carbocycles. The van der Waals surface area contributed by atoms with Crippen LogP contribution in [-0.4, -0.2) is 12.6 Å². The molecule has 1 N–H and O–H groups in total. The first-order valence-corrected chi connectivity index (χ1v) is 8.13. The van der Waals surface area contributed by atoms with Gasteiger partial charge in [0.05, 0.1) is 0 Å². The van der Waals surface area contributed by atoms with Crippen LogP contribution in [0.25, 0.3) is 0 Å². The monoisotopic (exact) mass is 299 g/mol. The summed E-state index contributed by atoms with van der Waals surface area (Å²) in [5.74, 6) is 0.504. The maximum Gasteiger partial charge on any atom is 0.0406 e. The van der Waals surface area contributed by atoms with Crippen LogP contribution in [0.5, 0.6) is 0 Å². The Hall–Kier alpha value is -1.31. The molecule has 1 aliphatic carbocycles. The molecule has 2 heteroatoms. The average molecular weight is 300 g/mol. The van der Waals surface area contributed by atoms with E-state index in [0.717, 1.165) is 24.0 Å². The Bertz CT molecular complexity index is 587. The lowest BCUT2D eigenvalue weighted by molar-refractivity contribution is 0.576. The van der Waals surface area contributed by atoms with E-state index in [0.29, 0.717) is 5.92 Å². The van der Waals surface area contributed by atoms with Gasteiger partial charge in [-0.2, -0.15) is 0 Å². The Morgan fingerprint density at radius 1 is 1.10 bits per heavy atom. The first kappa shape index (κ1) is 14.6. The van der Waals surface area contributed by atoms with Gasteiger partial charge in [-0.1, -0.05) is 48.0 Å². The third kappa shape index (κ3) is 4.09. The summed E-state index contributed by atoms with van der Waals surface area (Å²) in [5, 5.41) is 4.49. The summed E-state index contributed by atoms with van der Waals surface area (Å²) in [7, 11) is 0. The van der Waals surface area contributed by atoms with E-state index >= 15 is 0 Å². The lowest BCUT2D eigenvalue weighted by Crippen LogP contribution is -2.25. The fourth-order valence-electron chi connectivity index (χ4n) is 2.74. The van der Waals surface area contributed by atoms with Crippen LogP contribution in [0.3, 0.4) is 0 Å². The van der Waals surface area contributed by atoms with Crippen molar-refractivity contribution in [3.8, 4) is 0 Å². The first-order chi connectivity index (χ1) is 10.2. The fraction of sp³-hybridized carbons (Fsp3) is 0.368. The van der Waals surface area contributed by atoms with E-state index in [2.05, 4.69) is 48.6 Å². The molecule has 0 saturated heterocycles. The highest BCUT2D eigenvalue weighted by Gasteiger charge is 2.22. The van der Waals surface area contributed by atoms with E-state index in [-0.39, 0.29) is 0 Å². The minimum absolute atomic E-state index is 0.504. The number of halogens is 1. The molecule has 1 aliphatic rings. The van der Waals surface area contributed by atoms with Gasteiger partial charge in [0.25, 0.3) is 0 Å². The van der Waals surface area contributed by atoms with Gasteiger partial charge in [-0.05, 0) is 55.0 Å². The molecule has 0 heterocycles. The third-order valence-electron chi connectivity index (χ3n) is 4.30. The number of rotatable bonds is 6. The van der Waals surface area contributed by atoms with E-state index in [1.165, 1.54) is 29.5 Å². The minimum Gasteiger partial charge on any atom is -0.313 e. The minimum atomic E-state index is 0.504. The van der Waals surface area contributed by atoms with Gasteiger partial charge >= 0.3 is 0 Å².